The van der Waals surface area contributed by atoms with E-state index in [0.717, 1.165) is 25.9 Å². The van der Waals surface area contributed by atoms with Crippen molar-refractivity contribution in [3.63, 3.8) is 0 Å². The smallest absolute Gasteiger partial charge is 0.246 e. The zero-order valence-electron chi connectivity index (χ0n) is 15.3. The molecular weight excluding hydrogens is 340 g/mol. The number of sulfonamides is 1. The van der Waals surface area contributed by atoms with E-state index < -0.39 is 10.0 Å². The van der Waals surface area contributed by atoms with Gasteiger partial charge in [-0.25, -0.2) is 8.42 Å². The van der Waals surface area contributed by atoms with E-state index in [1.165, 1.54) is 4.31 Å². The molecular formula is C17H28N4O3S. The number of piperidine rings is 2. The third-order valence-corrected chi connectivity index (χ3v) is 7.72. The highest BCUT2D eigenvalue weighted by molar-refractivity contribution is 7.89. The number of hydrogen-bond donors (Lipinski definition) is 1. The Hall–Kier alpha value is -1.41. The number of carbonyl (C=O) groups is 1. The zero-order valence-corrected chi connectivity index (χ0v) is 16.1. The largest absolute Gasteiger partial charge is 0.342 e. The Morgan fingerprint density at radius 2 is 1.68 bits per heavy atom. The Bertz CT molecular complexity index is 708. The van der Waals surface area contributed by atoms with Crippen LogP contribution in [0.1, 0.15) is 44.0 Å². The number of aromatic amines is 1. The molecule has 3 rings (SSSR count). The molecule has 0 bridgehead atoms. The second-order valence-electron chi connectivity index (χ2n) is 7.45. The average molecular weight is 369 g/mol. The molecule has 1 N–H and O–H groups in total. The summed E-state index contributed by atoms with van der Waals surface area (Å²) in [6.45, 7) is 8.12. The molecule has 0 aliphatic carbocycles. The van der Waals surface area contributed by atoms with Gasteiger partial charge in [-0.05, 0) is 45.4 Å². The highest BCUT2D eigenvalue weighted by Crippen LogP contribution is 2.28. The molecule has 3 heterocycles. The van der Waals surface area contributed by atoms with E-state index in [2.05, 4.69) is 17.1 Å². The topological polar surface area (TPSA) is 86.4 Å². The minimum atomic E-state index is -3.55. The van der Waals surface area contributed by atoms with E-state index >= 15 is 0 Å². The summed E-state index contributed by atoms with van der Waals surface area (Å²) in [6, 6.07) is 0. The maximum atomic E-state index is 12.9. The minimum Gasteiger partial charge on any atom is -0.342 e. The molecule has 0 spiro atoms. The van der Waals surface area contributed by atoms with Gasteiger partial charge in [0.2, 0.25) is 15.9 Å². The number of aromatic nitrogens is 2. The number of carbonyl (C=O) groups excluding carboxylic acids is 1. The summed E-state index contributed by atoms with van der Waals surface area (Å²) < 4.78 is 27.2. The number of hydrogen-bond acceptors (Lipinski definition) is 4. The fourth-order valence-electron chi connectivity index (χ4n) is 3.88. The number of nitrogens with zero attached hydrogens (tertiary/aromatic N) is 3. The average Bonchev–Trinajstić information content (AvgIpc) is 2.94. The van der Waals surface area contributed by atoms with Gasteiger partial charge in [0.25, 0.3) is 0 Å². The van der Waals surface area contributed by atoms with Crippen LogP contribution in [0.15, 0.2) is 4.90 Å². The third-order valence-electron chi connectivity index (χ3n) is 5.56. The Balaban J connectivity index is 1.63. The summed E-state index contributed by atoms with van der Waals surface area (Å²) in [4.78, 5) is 14.9. The molecule has 2 aliphatic rings. The molecule has 0 radical (unpaired) electrons. The Labute approximate surface area is 149 Å². The van der Waals surface area contributed by atoms with Crippen molar-refractivity contribution in [3.05, 3.63) is 11.4 Å². The van der Waals surface area contributed by atoms with Gasteiger partial charge in [0.15, 0.2) is 0 Å². The fourth-order valence-corrected chi connectivity index (χ4v) is 5.68. The van der Waals surface area contributed by atoms with Crippen LogP contribution in [0.3, 0.4) is 0 Å². The van der Waals surface area contributed by atoms with Gasteiger partial charge in [0, 0.05) is 32.1 Å². The molecule has 1 amide bonds. The molecule has 8 heteroatoms. The second kappa shape index (κ2) is 7.07. The summed E-state index contributed by atoms with van der Waals surface area (Å²) in [5.74, 6) is 0.850. The first-order valence-electron chi connectivity index (χ1n) is 9.11. The molecule has 25 heavy (non-hydrogen) atoms. The number of aryl methyl sites for hydroxylation is 2. The van der Waals surface area contributed by atoms with E-state index in [1.54, 1.807) is 13.8 Å². The molecule has 0 atom stereocenters. The monoisotopic (exact) mass is 368 g/mol. The van der Waals surface area contributed by atoms with Crippen molar-refractivity contribution >= 4 is 15.9 Å². The van der Waals surface area contributed by atoms with Crippen LogP contribution in [0.25, 0.3) is 0 Å². The van der Waals surface area contributed by atoms with E-state index in [-0.39, 0.29) is 16.7 Å². The van der Waals surface area contributed by atoms with Crippen molar-refractivity contribution in [2.75, 3.05) is 26.2 Å². The molecule has 0 aromatic carbocycles. The lowest BCUT2D eigenvalue weighted by molar-refractivity contribution is -0.138. The summed E-state index contributed by atoms with van der Waals surface area (Å²) in [7, 11) is -3.55. The quantitative estimate of drug-likeness (QED) is 0.879. The molecule has 1 aromatic rings. The molecule has 1 aromatic heterocycles. The highest BCUT2D eigenvalue weighted by atomic mass is 32.2. The number of H-pyrrole nitrogens is 1. The van der Waals surface area contributed by atoms with Crippen LogP contribution in [-0.2, 0) is 14.8 Å². The number of rotatable bonds is 3. The van der Waals surface area contributed by atoms with Crippen LogP contribution in [0.2, 0.25) is 0 Å². The number of likely N-dealkylation sites (tertiary alicyclic amines) is 1. The van der Waals surface area contributed by atoms with Crippen LogP contribution in [0.5, 0.6) is 0 Å². The first-order chi connectivity index (χ1) is 11.8. The number of amides is 1. The predicted molar refractivity (Wildman–Crippen MR) is 94.5 cm³/mol. The van der Waals surface area contributed by atoms with Crippen LogP contribution in [0.4, 0.5) is 0 Å². The van der Waals surface area contributed by atoms with E-state index in [9.17, 15) is 13.2 Å². The van der Waals surface area contributed by atoms with Crippen molar-refractivity contribution in [2.45, 2.75) is 51.3 Å². The summed E-state index contributed by atoms with van der Waals surface area (Å²) in [5, 5.41) is 6.74. The lowest BCUT2D eigenvalue weighted by Crippen LogP contribution is -2.46. The first kappa shape index (κ1) is 18.4. The van der Waals surface area contributed by atoms with Crippen LogP contribution in [0, 0.1) is 25.7 Å². The number of nitrogens with one attached hydrogen (secondary N) is 1. The van der Waals surface area contributed by atoms with Gasteiger partial charge in [-0.3, -0.25) is 9.89 Å². The molecule has 2 fully saturated rings. The minimum absolute atomic E-state index is 0.0496. The van der Waals surface area contributed by atoms with Gasteiger partial charge in [-0.1, -0.05) is 6.92 Å². The molecule has 140 valence electrons. The molecule has 2 saturated heterocycles. The lowest BCUT2D eigenvalue weighted by atomic mass is 9.93. The normalized spacial score (nSPS) is 21.6. The van der Waals surface area contributed by atoms with Crippen LogP contribution >= 0.6 is 0 Å². The SMILES string of the molecule is Cc1n[nH]c(C)c1S(=O)(=O)N1CCC(C(=O)N2CCC(C)CC2)CC1. The summed E-state index contributed by atoms with van der Waals surface area (Å²) in [6.07, 6.45) is 3.33. The van der Waals surface area contributed by atoms with Crippen molar-refractivity contribution < 1.29 is 13.2 Å². The summed E-state index contributed by atoms with van der Waals surface area (Å²) >= 11 is 0. The van der Waals surface area contributed by atoms with Gasteiger partial charge in [0.05, 0.1) is 11.4 Å². The zero-order chi connectivity index (χ0) is 18.2. The van der Waals surface area contributed by atoms with Gasteiger partial charge < -0.3 is 4.90 Å². The van der Waals surface area contributed by atoms with Crippen molar-refractivity contribution in [1.29, 1.82) is 0 Å². The van der Waals surface area contributed by atoms with Crippen LogP contribution < -0.4 is 0 Å². The van der Waals surface area contributed by atoms with Gasteiger partial charge in [-0.15, -0.1) is 0 Å². The summed E-state index contributed by atoms with van der Waals surface area (Å²) in [5.41, 5.74) is 1.07. The molecule has 0 unspecified atom stereocenters. The predicted octanol–water partition coefficient (Wildman–Crippen LogP) is 1.69. The van der Waals surface area contributed by atoms with Crippen LogP contribution in [-0.4, -0.2) is 59.9 Å². The molecule has 0 saturated carbocycles. The fraction of sp³-hybridized carbons (Fsp3) is 0.765. The van der Waals surface area contributed by atoms with Crippen molar-refractivity contribution in [3.8, 4) is 0 Å². The third kappa shape index (κ3) is 3.60. The standard InChI is InChI=1S/C17H28N4O3S/c1-12-4-8-20(9-5-12)17(22)15-6-10-21(11-7-15)25(23,24)16-13(2)18-19-14(16)3/h12,15H,4-11H2,1-3H3,(H,18,19). The first-order valence-corrected chi connectivity index (χ1v) is 10.5. The van der Waals surface area contributed by atoms with Gasteiger partial charge in [0.1, 0.15) is 4.90 Å². The Kier molecular flexibility index (Phi) is 5.20. The maximum Gasteiger partial charge on any atom is 0.246 e. The van der Waals surface area contributed by atoms with E-state index in [4.69, 9.17) is 0 Å². The maximum absolute atomic E-state index is 12.9. The van der Waals surface area contributed by atoms with E-state index in [0.29, 0.717) is 43.2 Å². The Morgan fingerprint density at radius 3 is 2.20 bits per heavy atom. The van der Waals surface area contributed by atoms with Crippen molar-refractivity contribution in [2.24, 2.45) is 11.8 Å². The van der Waals surface area contributed by atoms with E-state index in [1.807, 2.05) is 4.90 Å². The highest BCUT2D eigenvalue weighted by Gasteiger charge is 2.36. The van der Waals surface area contributed by atoms with Gasteiger partial charge in [-0.2, -0.15) is 9.40 Å². The molecule has 2 aliphatic heterocycles. The Morgan fingerprint density at radius 1 is 1.08 bits per heavy atom. The second-order valence-corrected chi connectivity index (χ2v) is 9.32. The lowest BCUT2D eigenvalue weighted by Gasteiger charge is -2.36. The van der Waals surface area contributed by atoms with Gasteiger partial charge >= 0.3 is 0 Å². The molecule has 7 nitrogen and oxygen atoms in total. The van der Waals surface area contributed by atoms with Crippen molar-refractivity contribution in [1.82, 2.24) is 19.4 Å².